The van der Waals surface area contributed by atoms with Crippen molar-refractivity contribution in [2.75, 3.05) is 0 Å². The normalized spacial score (nSPS) is 19.7. The third-order valence-corrected chi connectivity index (χ3v) is 11.9. The van der Waals surface area contributed by atoms with Crippen LogP contribution in [0.5, 0.6) is 0 Å². The molecule has 0 amide bonds. The van der Waals surface area contributed by atoms with Crippen molar-refractivity contribution >= 4 is 27.8 Å². The second-order valence-electron chi connectivity index (χ2n) is 11.3. The average molecular weight is 525 g/mol. The number of hydrogen-bond acceptors (Lipinski definition) is 0. The van der Waals surface area contributed by atoms with Crippen molar-refractivity contribution in [2.24, 2.45) is 11.8 Å². The summed E-state index contributed by atoms with van der Waals surface area (Å²) in [6.07, 6.45) is 23.0. The third kappa shape index (κ3) is 11.0. The lowest BCUT2D eigenvalue weighted by molar-refractivity contribution is 0.156. The second-order valence-corrected chi connectivity index (χ2v) is 14.5. The molecule has 0 bridgehead atoms. The zero-order chi connectivity index (χ0) is 25.3. The van der Waals surface area contributed by atoms with E-state index in [9.17, 15) is 0 Å². The molecule has 200 valence electrons. The predicted octanol–water partition coefficient (Wildman–Crippen LogP) is 10.3. The Hall–Kier alpha value is -0.700. The summed E-state index contributed by atoms with van der Waals surface area (Å²) < 4.78 is 0. The van der Waals surface area contributed by atoms with E-state index in [1.54, 1.807) is 10.6 Å². The molecule has 1 aliphatic carbocycles. The van der Waals surface area contributed by atoms with E-state index in [1.165, 1.54) is 103 Å². The lowest BCUT2D eigenvalue weighted by Gasteiger charge is -2.46. The first-order valence-corrected chi connectivity index (χ1v) is 17.6. The Balaban J connectivity index is 1.62. The smallest absolute Gasteiger partial charge is 0.0165 e. The van der Waals surface area contributed by atoms with Gasteiger partial charge in [0.15, 0.2) is 0 Å². The van der Waals surface area contributed by atoms with E-state index < -0.39 is 0 Å². The van der Waals surface area contributed by atoms with Crippen molar-refractivity contribution in [3.63, 3.8) is 0 Å². The molecule has 0 nitrogen and oxygen atoms in total. The Morgan fingerprint density at radius 3 is 1.25 bits per heavy atom. The maximum atomic E-state index is 2.39. The predicted molar refractivity (Wildman–Crippen MR) is 169 cm³/mol. The van der Waals surface area contributed by atoms with Crippen LogP contribution in [0, 0.1) is 11.8 Å². The fourth-order valence-corrected chi connectivity index (χ4v) is 9.70. The van der Waals surface area contributed by atoms with Crippen LogP contribution in [0.1, 0.15) is 117 Å². The number of unbranched alkanes of at least 4 members (excludes halogenated alkanes) is 10. The molecule has 1 fully saturated rings. The van der Waals surface area contributed by atoms with Crippen molar-refractivity contribution in [1.29, 1.82) is 0 Å². The largest absolute Gasteiger partial charge is 0.0869 e. The van der Waals surface area contributed by atoms with Gasteiger partial charge in [-0.1, -0.05) is 169 Å². The minimum absolute atomic E-state index is 0.907. The minimum Gasteiger partial charge on any atom is -0.0869 e. The fourth-order valence-electron chi connectivity index (χ4n) is 6.12. The van der Waals surface area contributed by atoms with Gasteiger partial charge in [0.1, 0.15) is 0 Å². The lowest BCUT2D eigenvalue weighted by atomic mass is 9.68. The highest BCUT2D eigenvalue weighted by Gasteiger charge is 2.40. The summed E-state index contributed by atoms with van der Waals surface area (Å²) in [6, 6.07) is 22.9. The third-order valence-electron chi connectivity index (χ3n) is 8.41. The maximum Gasteiger partial charge on any atom is -0.0165 e. The van der Waals surface area contributed by atoms with Crippen LogP contribution in [0.4, 0.5) is 0 Å². The van der Waals surface area contributed by atoms with Gasteiger partial charge >= 0.3 is 0 Å². The minimum atomic E-state index is 0.907. The molecule has 0 heterocycles. The summed E-state index contributed by atoms with van der Waals surface area (Å²) >= 11 is 0. The maximum absolute atomic E-state index is 2.39. The van der Waals surface area contributed by atoms with Gasteiger partial charge < -0.3 is 0 Å². The topological polar surface area (TPSA) is 0 Å². The molecule has 0 N–H and O–H groups in total. The molecule has 2 aromatic carbocycles. The van der Waals surface area contributed by atoms with E-state index in [0.717, 1.165) is 40.3 Å². The van der Waals surface area contributed by atoms with Crippen LogP contribution in [0.2, 0.25) is 0 Å². The van der Waals surface area contributed by atoms with Crippen LogP contribution in [0.25, 0.3) is 0 Å². The quantitative estimate of drug-likeness (QED) is 0.119. The van der Waals surface area contributed by atoms with Gasteiger partial charge in [-0.2, -0.15) is 0 Å². The summed E-state index contributed by atoms with van der Waals surface area (Å²) in [5.74, 6) is 1.92. The fraction of sp³-hybridized carbons (Fsp3) is 0.647. The first kappa shape index (κ1) is 29.9. The average Bonchev–Trinajstić information content (AvgIpc) is 2.88. The van der Waals surface area contributed by atoms with Crippen LogP contribution in [0.15, 0.2) is 60.7 Å². The van der Waals surface area contributed by atoms with Crippen molar-refractivity contribution in [2.45, 2.75) is 128 Å². The van der Waals surface area contributed by atoms with E-state index in [0.29, 0.717) is 0 Å². The molecule has 1 aliphatic rings. The molecule has 3 rings (SSSR count). The van der Waals surface area contributed by atoms with Gasteiger partial charge in [-0.15, -0.1) is 0 Å². The van der Waals surface area contributed by atoms with E-state index in [1.807, 2.05) is 0 Å². The Morgan fingerprint density at radius 2 is 0.889 bits per heavy atom. The SMILES string of the molecule is CCCCCCCCC(Pc1ccccc1)[C@@H]1CC[C@H]1C(CCCCCCCC)Pc1ccccc1. The highest BCUT2D eigenvalue weighted by Crippen LogP contribution is 2.51. The summed E-state index contributed by atoms with van der Waals surface area (Å²) in [5, 5.41) is 3.19. The highest BCUT2D eigenvalue weighted by atomic mass is 31.1. The molecule has 1 saturated carbocycles. The molecule has 0 spiro atoms. The second kappa shape index (κ2) is 18.5. The Bertz CT molecular complexity index is 707. The zero-order valence-corrected chi connectivity index (χ0v) is 25.4. The molecular weight excluding hydrogens is 470 g/mol. The Kier molecular flexibility index (Phi) is 15.4. The van der Waals surface area contributed by atoms with Crippen molar-refractivity contribution in [1.82, 2.24) is 0 Å². The molecule has 36 heavy (non-hydrogen) atoms. The molecule has 0 saturated heterocycles. The van der Waals surface area contributed by atoms with E-state index in [4.69, 9.17) is 0 Å². The molecule has 4 unspecified atom stereocenters. The zero-order valence-electron chi connectivity index (χ0n) is 23.4. The Morgan fingerprint density at radius 1 is 0.528 bits per heavy atom. The molecular formula is C34H54P2. The number of rotatable bonds is 20. The van der Waals surface area contributed by atoms with Gasteiger partial charge in [0.25, 0.3) is 0 Å². The summed E-state index contributed by atoms with van der Waals surface area (Å²) in [6.45, 7) is 4.65. The van der Waals surface area contributed by atoms with E-state index in [-0.39, 0.29) is 0 Å². The molecule has 0 aromatic heterocycles. The summed E-state index contributed by atoms with van der Waals surface area (Å²) in [5.41, 5.74) is 1.81. The van der Waals surface area contributed by atoms with Gasteiger partial charge in [0.2, 0.25) is 0 Å². The van der Waals surface area contributed by atoms with Crippen molar-refractivity contribution < 1.29 is 0 Å². The number of hydrogen-bond donors (Lipinski definition) is 0. The lowest BCUT2D eigenvalue weighted by Crippen LogP contribution is -2.40. The van der Waals surface area contributed by atoms with Gasteiger partial charge in [0, 0.05) is 0 Å². The van der Waals surface area contributed by atoms with Gasteiger partial charge in [-0.05, 0) is 59.4 Å². The first-order valence-electron chi connectivity index (χ1n) is 15.4. The standard InChI is InChI=1S/C34H54P2/c1-3-5-7-9-11-19-25-33(35-29-21-15-13-16-22-29)31-27-28-32(31)34(26-20-12-10-8-6-4-2)36-30-23-17-14-18-24-30/h13-18,21-24,31-36H,3-12,19-20,25-28H2,1-2H3/t31-,32-,33?,34?/m1/s1. The van der Waals surface area contributed by atoms with Gasteiger partial charge in [-0.3, -0.25) is 0 Å². The molecule has 0 aliphatic heterocycles. The van der Waals surface area contributed by atoms with Crippen molar-refractivity contribution in [3.05, 3.63) is 60.7 Å². The van der Waals surface area contributed by atoms with Crippen LogP contribution >= 0.6 is 17.2 Å². The Labute approximate surface area is 227 Å². The first-order chi connectivity index (χ1) is 17.8. The van der Waals surface area contributed by atoms with E-state index in [2.05, 4.69) is 74.5 Å². The molecule has 6 atom stereocenters. The monoisotopic (exact) mass is 524 g/mol. The van der Waals surface area contributed by atoms with Gasteiger partial charge in [0.05, 0.1) is 0 Å². The van der Waals surface area contributed by atoms with E-state index >= 15 is 0 Å². The molecule has 2 heteroatoms. The van der Waals surface area contributed by atoms with Gasteiger partial charge in [-0.25, -0.2) is 0 Å². The summed E-state index contributed by atoms with van der Waals surface area (Å²) in [4.78, 5) is 0. The molecule has 0 radical (unpaired) electrons. The van der Waals surface area contributed by atoms with Crippen molar-refractivity contribution in [3.8, 4) is 0 Å². The van der Waals surface area contributed by atoms with Crippen LogP contribution < -0.4 is 10.6 Å². The van der Waals surface area contributed by atoms with Crippen LogP contribution in [0.3, 0.4) is 0 Å². The molecule has 2 aromatic rings. The summed E-state index contributed by atoms with van der Waals surface area (Å²) in [7, 11) is 2.00. The van der Waals surface area contributed by atoms with Crippen LogP contribution in [-0.2, 0) is 0 Å². The number of benzene rings is 2. The highest BCUT2D eigenvalue weighted by molar-refractivity contribution is 7.48. The van der Waals surface area contributed by atoms with Crippen LogP contribution in [-0.4, -0.2) is 11.3 Å².